The predicted molar refractivity (Wildman–Crippen MR) is 135 cm³/mol. The Morgan fingerprint density at radius 1 is 1.00 bits per heavy atom. The van der Waals surface area contributed by atoms with Crippen molar-refractivity contribution in [2.75, 3.05) is 13.7 Å². The van der Waals surface area contributed by atoms with Crippen LogP contribution in [0.15, 0.2) is 77.2 Å². The van der Waals surface area contributed by atoms with Crippen LogP contribution in [0.4, 0.5) is 8.78 Å². The second kappa shape index (κ2) is 12.3. The summed E-state index contributed by atoms with van der Waals surface area (Å²) in [5.74, 6) is 0.155. The maximum absolute atomic E-state index is 13.9. The first kappa shape index (κ1) is 26.0. The molecule has 0 bridgehead atoms. The van der Waals surface area contributed by atoms with Crippen LogP contribution in [0.2, 0.25) is 0 Å². The van der Waals surface area contributed by atoms with E-state index in [2.05, 4.69) is 10.3 Å². The van der Waals surface area contributed by atoms with Crippen LogP contribution in [-0.2, 0) is 28.9 Å². The lowest BCUT2D eigenvalue weighted by atomic mass is 10.1. The fourth-order valence-electron chi connectivity index (χ4n) is 3.89. The second-order valence-corrected chi connectivity index (χ2v) is 8.49. The van der Waals surface area contributed by atoms with Crippen LogP contribution in [0.3, 0.4) is 0 Å². The van der Waals surface area contributed by atoms with E-state index in [0.717, 1.165) is 22.6 Å². The highest BCUT2D eigenvalue weighted by Gasteiger charge is 2.21. The van der Waals surface area contributed by atoms with Gasteiger partial charge in [0.05, 0.1) is 19.4 Å². The smallest absolute Gasteiger partial charge is 0.323 e. The molecule has 0 radical (unpaired) electrons. The molecule has 0 saturated carbocycles. The van der Waals surface area contributed by atoms with Crippen LogP contribution in [0.25, 0.3) is 11.5 Å². The fourth-order valence-corrected chi connectivity index (χ4v) is 3.89. The van der Waals surface area contributed by atoms with Gasteiger partial charge in [-0.25, -0.2) is 13.8 Å². The number of halogens is 2. The zero-order chi connectivity index (χ0) is 26.2. The highest BCUT2D eigenvalue weighted by Crippen LogP contribution is 2.22. The molecule has 0 saturated heterocycles. The number of methoxy groups -OCH3 is 1. The quantitative estimate of drug-likeness (QED) is 0.274. The number of benzene rings is 3. The van der Waals surface area contributed by atoms with E-state index in [-0.39, 0.29) is 18.5 Å². The summed E-state index contributed by atoms with van der Waals surface area (Å²) in [5, 5.41) is 2.90. The number of ether oxygens (including phenoxy) is 2. The molecule has 192 valence electrons. The van der Waals surface area contributed by atoms with Crippen LogP contribution in [0.5, 0.6) is 5.75 Å². The van der Waals surface area contributed by atoms with Gasteiger partial charge in [0.2, 0.25) is 5.89 Å². The average Bonchev–Trinajstić information content (AvgIpc) is 3.29. The first-order valence-electron chi connectivity index (χ1n) is 11.9. The maximum atomic E-state index is 13.9. The minimum absolute atomic E-state index is 0.126. The zero-order valence-electron chi connectivity index (χ0n) is 20.7. The van der Waals surface area contributed by atoms with E-state index in [0.29, 0.717) is 24.7 Å². The van der Waals surface area contributed by atoms with Crippen LogP contribution in [0, 0.1) is 18.6 Å². The number of carbonyl (C=O) groups is 1. The van der Waals surface area contributed by atoms with Crippen LogP contribution in [0.1, 0.15) is 22.6 Å². The molecule has 4 aromatic rings. The summed E-state index contributed by atoms with van der Waals surface area (Å²) in [5.41, 5.74) is 2.48. The Morgan fingerprint density at radius 3 is 2.38 bits per heavy atom. The number of rotatable bonds is 11. The van der Waals surface area contributed by atoms with Gasteiger partial charge in [0.25, 0.3) is 0 Å². The number of aryl methyl sites for hydroxylation is 1. The predicted octanol–water partition coefficient (Wildman–Crippen LogP) is 5.42. The van der Waals surface area contributed by atoms with Gasteiger partial charge in [-0.3, -0.25) is 10.1 Å². The van der Waals surface area contributed by atoms with Crippen LogP contribution >= 0.6 is 0 Å². The minimum Gasteiger partial charge on any atom is -0.493 e. The van der Waals surface area contributed by atoms with E-state index in [9.17, 15) is 13.6 Å². The van der Waals surface area contributed by atoms with Gasteiger partial charge < -0.3 is 13.9 Å². The molecule has 0 aliphatic heterocycles. The first-order valence-corrected chi connectivity index (χ1v) is 11.9. The number of esters is 1. The number of oxazole rings is 1. The molecule has 3 aromatic carbocycles. The highest BCUT2D eigenvalue weighted by atomic mass is 19.1. The average molecular weight is 507 g/mol. The summed E-state index contributed by atoms with van der Waals surface area (Å²) in [7, 11) is 1.27. The molecule has 37 heavy (non-hydrogen) atoms. The van der Waals surface area contributed by atoms with Crippen molar-refractivity contribution < 1.29 is 27.5 Å². The fraction of sp³-hybridized carbons (Fsp3) is 0.241. The number of nitrogens with zero attached hydrogens (tertiary/aromatic N) is 1. The Kier molecular flexibility index (Phi) is 8.64. The summed E-state index contributed by atoms with van der Waals surface area (Å²) in [6.07, 6.45) is 0.869. The largest absolute Gasteiger partial charge is 0.493 e. The third kappa shape index (κ3) is 6.80. The molecule has 0 amide bonds. The van der Waals surface area contributed by atoms with Crippen LogP contribution < -0.4 is 10.1 Å². The lowest BCUT2D eigenvalue weighted by Gasteiger charge is -2.17. The van der Waals surface area contributed by atoms with Crippen molar-refractivity contribution in [1.82, 2.24) is 10.3 Å². The molecule has 0 aliphatic rings. The molecule has 1 heterocycles. The van der Waals surface area contributed by atoms with Gasteiger partial charge in [-0.1, -0.05) is 36.4 Å². The highest BCUT2D eigenvalue weighted by molar-refractivity contribution is 5.76. The normalized spacial score (nSPS) is 11.8. The van der Waals surface area contributed by atoms with Crippen molar-refractivity contribution in [3.05, 3.63) is 107 Å². The summed E-state index contributed by atoms with van der Waals surface area (Å²) in [6, 6.07) is 19.9. The summed E-state index contributed by atoms with van der Waals surface area (Å²) in [6.45, 7) is 2.16. The first-order chi connectivity index (χ1) is 17.9. The number of nitrogens with one attached hydrogen (secondary N) is 1. The third-order valence-electron chi connectivity index (χ3n) is 5.96. The van der Waals surface area contributed by atoms with Gasteiger partial charge in [-0.2, -0.15) is 0 Å². The second-order valence-electron chi connectivity index (χ2n) is 8.49. The molecule has 0 fully saturated rings. The van der Waals surface area contributed by atoms with E-state index in [4.69, 9.17) is 13.9 Å². The molecular formula is C29H28F2N2O4. The van der Waals surface area contributed by atoms with E-state index >= 15 is 0 Å². The summed E-state index contributed by atoms with van der Waals surface area (Å²) in [4.78, 5) is 16.8. The van der Waals surface area contributed by atoms with Crippen LogP contribution in [-0.4, -0.2) is 30.7 Å². The van der Waals surface area contributed by atoms with Gasteiger partial charge in [0.15, 0.2) is 0 Å². The van der Waals surface area contributed by atoms with Crippen molar-refractivity contribution in [3.63, 3.8) is 0 Å². The standard InChI is InChI=1S/C29H28F2N2O4/c1-19-26(33-28(37-19)21-7-4-3-5-8-21)15-16-36-22-13-11-20(12-14-22)17-27(29(34)35-2)32-18-23-24(30)9-6-10-25(23)31/h3-14,27,32H,15-18H2,1-2H3. The molecule has 1 N–H and O–H groups in total. The Morgan fingerprint density at radius 2 is 1.70 bits per heavy atom. The Hall–Kier alpha value is -4.04. The van der Waals surface area contributed by atoms with E-state index < -0.39 is 23.6 Å². The van der Waals surface area contributed by atoms with E-state index in [1.54, 1.807) is 0 Å². The van der Waals surface area contributed by atoms with E-state index in [1.807, 2.05) is 61.5 Å². The Labute approximate surface area is 214 Å². The maximum Gasteiger partial charge on any atom is 0.323 e. The van der Waals surface area contributed by atoms with Gasteiger partial charge in [-0.05, 0) is 55.3 Å². The van der Waals surface area contributed by atoms with Gasteiger partial charge >= 0.3 is 5.97 Å². The number of hydrogen-bond donors (Lipinski definition) is 1. The van der Waals surface area contributed by atoms with Crippen molar-refractivity contribution in [2.45, 2.75) is 32.4 Å². The molecule has 1 aromatic heterocycles. The number of aromatic nitrogens is 1. The molecule has 6 nitrogen and oxygen atoms in total. The molecule has 1 atom stereocenters. The van der Waals surface area contributed by atoms with Crippen molar-refractivity contribution in [3.8, 4) is 17.2 Å². The monoisotopic (exact) mass is 506 g/mol. The lowest BCUT2D eigenvalue weighted by molar-refractivity contribution is -0.143. The SMILES string of the molecule is COC(=O)C(Cc1ccc(OCCc2nc(-c3ccccc3)oc2C)cc1)NCc1c(F)cccc1F. The number of hydrogen-bond acceptors (Lipinski definition) is 6. The molecule has 8 heteroatoms. The topological polar surface area (TPSA) is 73.6 Å². The Balaban J connectivity index is 1.32. The summed E-state index contributed by atoms with van der Waals surface area (Å²) < 4.78 is 44.4. The van der Waals surface area contributed by atoms with Crippen molar-refractivity contribution in [1.29, 1.82) is 0 Å². The molecular weight excluding hydrogens is 478 g/mol. The van der Waals surface area contributed by atoms with Gasteiger partial charge in [-0.15, -0.1) is 0 Å². The van der Waals surface area contributed by atoms with Crippen molar-refractivity contribution in [2.24, 2.45) is 0 Å². The number of carbonyl (C=O) groups excluding carboxylic acids is 1. The molecule has 0 spiro atoms. The van der Waals surface area contributed by atoms with Crippen molar-refractivity contribution >= 4 is 5.97 Å². The zero-order valence-corrected chi connectivity index (χ0v) is 20.7. The third-order valence-corrected chi connectivity index (χ3v) is 5.96. The van der Waals surface area contributed by atoms with E-state index in [1.165, 1.54) is 25.3 Å². The molecule has 4 rings (SSSR count). The lowest BCUT2D eigenvalue weighted by Crippen LogP contribution is -2.39. The minimum atomic E-state index is -0.773. The Bertz CT molecular complexity index is 1300. The summed E-state index contributed by atoms with van der Waals surface area (Å²) >= 11 is 0. The van der Waals surface area contributed by atoms with Gasteiger partial charge in [0, 0.05) is 24.1 Å². The molecule has 1 unspecified atom stereocenters. The van der Waals surface area contributed by atoms with Gasteiger partial charge in [0.1, 0.15) is 29.2 Å². The molecule has 0 aliphatic carbocycles.